The zero-order chi connectivity index (χ0) is 15.1. The third-order valence-electron chi connectivity index (χ3n) is 2.90. The van der Waals surface area contributed by atoms with E-state index in [2.05, 4.69) is 20.8 Å². The van der Waals surface area contributed by atoms with Crippen LogP contribution in [-0.4, -0.2) is 47.9 Å². The first-order valence-electron chi connectivity index (χ1n) is 6.76. The molecule has 2 N–H and O–H groups in total. The van der Waals surface area contributed by atoms with Gasteiger partial charge in [0.05, 0.1) is 11.9 Å². The molecule has 0 unspecified atom stereocenters. The van der Waals surface area contributed by atoms with Gasteiger partial charge < -0.3 is 20.1 Å². The van der Waals surface area contributed by atoms with Crippen LogP contribution >= 0.6 is 0 Å². The summed E-state index contributed by atoms with van der Waals surface area (Å²) in [6, 6.07) is 5.70. The summed E-state index contributed by atoms with van der Waals surface area (Å²) in [7, 11) is 3.89. The van der Waals surface area contributed by atoms with Gasteiger partial charge in [0, 0.05) is 45.6 Å². The van der Waals surface area contributed by atoms with Crippen LogP contribution in [0.2, 0.25) is 0 Å². The average molecular weight is 288 g/mol. The van der Waals surface area contributed by atoms with Gasteiger partial charge in [-0.25, -0.2) is 0 Å². The quantitative estimate of drug-likeness (QED) is 0.729. The molecule has 2 aromatic rings. The van der Waals surface area contributed by atoms with E-state index in [9.17, 15) is 4.79 Å². The van der Waals surface area contributed by atoms with Crippen LogP contribution in [0.5, 0.6) is 0 Å². The van der Waals surface area contributed by atoms with Crippen molar-refractivity contribution in [3.63, 3.8) is 0 Å². The first-order valence-corrected chi connectivity index (χ1v) is 6.76. The van der Waals surface area contributed by atoms with E-state index in [1.807, 2.05) is 54.2 Å². The number of nitrogens with one attached hydrogen (secondary N) is 2. The fourth-order valence-electron chi connectivity index (χ4n) is 1.78. The maximum Gasteiger partial charge on any atom is 0.239 e. The number of anilines is 2. The van der Waals surface area contributed by atoms with Crippen LogP contribution in [0.3, 0.4) is 0 Å². The van der Waals surface area contributed by atoms with Crippen molar-refractivity contribution in [3.05, 3.63) is 36.8 Å². The van der Waals surface area contributed by atoms with Crippen molar-refractivity contribution >= 4 is 17.4 Å². The molecule has 0 aliphatic carbocycles. The second-order valence-corrected chi connectivity index (χ2v) is 4.83. The second-order valence-electron chi connectivity index (χ2n) is 4.83. The van der Waals surface area contributed by atoms with Crippen LogP contribution in [0.25, 0.3) is 0 Å². The Hall–Kier alpha value is -2.57. The highest BCUT2D eigenvalue weighted by atomic mass is 16.1. The first-order chi connectivity index (χ1) is 10.1. The molecule has 0 saturated heterocycles. The molecule has 7 heteroatoms. The minimum atomic E-state index is -0.0128. The van der Waals surface area contributed by atoms with Crippen LogP contribution in [0.1, 0.15) is 0 Å². The monoisotopic (exact) mass is 288 g/mol. The van der Waals surface area contributed by atoms with Crippen molar-refractivity contribution in [2.24, 2.45) is 0 Å². The average Bonchev–Trinajstić information content (AvgIpc) is 2.97. The summed E-state index contributed by atoms with van der Waals surface area (Å²) in [5, 5.41) is 13.9. The molecule has 0 atom stereocenters. The van der Waals surface area contributed by atoms with Crippen LogP contribution in [0.4, 0.5) is 11.5 Å². The Bertz CT molecular complexity index is 567. The summed E-state index contributed by atoms with van der Waals surface area (Å²) < 4.78 is 1.83. The highest BCUT2D eigenvalue weighted by Crippen LogP contribution is 2.12. The topological polar surface area (TPSA) is 75.1 Å². The van der Waals surface area contributed by atoms with Crippen LogP contribution in [0.15, 0.2) is 36.8 Å². The summed E-state index contributed by atoms with van der Waals surface area (Å²) in [4.78, 5) is 13.6. The Kier molecular flexibility index (Phi) is 5.14. The summed E-state index contributed by atoms with van der Waals surface area (Å²) >= 11 is 0. The third kappa shape index (κ3) is 4.79. The van der Waals surface area contributed by atoms with Crippen molar-refractivity contribution in [3.8, 4) is 0 Å². The summed E-state index contributed by atoms with van der Waals surface area (Å²) in [6.45, 7) is 1.47. The van der Waals surface area contributed by atoms with E-state index in [-0.39, 0.29) is 5.91 Å². The van der Waals surface area contributed by atoms with Crippen molar-refractivity contribution < 1.29 is 4.79 Å². The molecule has 0 bridgehead atoms. The fraction of sp³-hybridized carbons (Fsp3) is 0.357. The molecule has 0 saturated carbocycles. The highest BCUT2D eigenvalue weighted by molar-refractivity contribution is 5.75. The van der Waals surface area contributed by atoms with E-state index in [1.165, 1.54) is 0 Å². The molecule has 7 nitrogen and oxygen atoms in total. The number of amides is 1. The summed E-state index contributed by atoms with van der Waals surface area (Å²) in [6.07, 6.45) is 5.42. The largest absolute Gasteiger partial charge is 0.376 e. The van der Waals surface area contributed by atoms with Gasteiger partial charge in [-0.15, -0.1) is 5.10 Å². The molecule has 0 radical (unpaired) electrons. The van der Waals surface area contributed by atoms with E-state index >= 15 is 0 Å². The molecule has 1 amide bonds. The van der Waals surface area contributed by atoms with Crippen LogP contribution < -0.4 is 15.5 Å². The normalized spacial score (nSPS) is 10.2. The van der Waals surface area contributed by atoms with Gasteiger partial charge in [0.2, 0.25) is 5.91 Å². The van der Waals surface area contributed by atoms with Gasteiger partial charge in [0.25, 0.3) is 0 Å². The predicted octanol–water partition coefficient (Wildman–Crippen LogP) is 0.572. The minimum Gasteiger partial charge on any atom is -0.376 e. The van der Waals surface area contributed by atoms with E-state index in [0.717, 1.165) is 5.69 Å². The van der Waals surface area contributed by atoms with E-state index < -0.39 is 0 Å². The predicted molar refractivity (Wildman–Crippen MR) is 82.3 cm³/mol. The van der Waals surface area contributed by atoms with Gasteiger partial charge >= 0.3 is 0 Å². The molecule has 0 fully saturated rings. The second kappa shape index (κ2) is 7.28. The Morgan fingerprint density at radius 1 is 1.29 bits per heavy atom. The molecule has 0 aliphatic heterocycles. The van der Waals surface area contributed by atoms with Gasteiger partial charge in [-0.2, -0.15) is 5.10 Å². The number of rotatable bonds is 7. The van der Waals surface area contributed by atoms with Gasteiger partial charge in [0.1, 0.15) is 6.54 Å². The Balaban J connectivity index is 1.69. The molecule has 2 aromatic heterocycles. The van der Waals surface area contributed by atoms with E-state index in [4.69, 9.17) is 0 Å². The molecule has 112 valence electrons. The van der Waals surface area contributed by atoms with Crippen molar-refractivity contribution in [1.29, 1.82) is 0 Å². The smallest absolute Gasteiger partial charge is 0.239 e. The number of aromatic nitrogens is 3. The SMILES string of the molecule is CN(C)c1cnnc(NCCNC(=O)Cn2cccc2)c1. The van der Waals surface area contributed by atoms with Gasteiger partial charge in [-0.3, -0.25) is 4.79 Å². The van der Waals surface area contributed by atoms with Crippen LogP contribution in [0, 0.1) is 0 Å². The lowest BCUT2D eigenvalue weighted by Crippen LogP contribution is -2.31. The maximum absolute atomic E-state index is 11.7. The Labute approximate surface area is 124 Å². The zero-order valence-corrected chi connectivity index (χ0v) is 12.3. The van der Waals surface area contributed by atoms with Gasteiger partial charge in [-0.05, 0) is 12.1 Å². The fourth-order valence-corrected chi connectivity index (χ4v) is 1.78. The molecule has 2 heterocycles. The molecule has 2 rings (SSSR count). The Morgan fingerprint density at radius 2 is 2.05 bits per heavy atom. The first kappa shape index (κ1) is 14.8. The van der Waals surface area contributed by atoms with Gasteiger partial charge in [0.15, 0.2) is 5.82 Å². The lowest BCUT2D eigenvalue weighted by atomic mass is 10.4. The summed E-state index contributed by atoms with van der Waals surface area (Å²) in [5.41, 5.74) is 0.976. The highest BCUT2D eigenvalue weighted by Gasteiger charge is 2.02. The molecular weight excluding hydrogens is 268 g/mol. The van der Waals surface area contributed by atoms with Gasteiger partial charge in [-0.1, -0.05) is 0 Å². The Morgan fingerprint density at radius 3 is 2.76 bits per heavy atom. The van der Waals surface area contributed by atoms with E-state index in [1.54, 1.807) is 6.20 Å². The molecular formula is C14H20N6O. The number of nitrogens with zero attached hydrogens (tertiary/aromatic N) is 4. The molecule has 21 heavy (non-hydrogen) atoms. The van der Waals surface area contributed by atoms with Crippen LogP contribution in [-0.2, 0) is 11.3 Å². The lowest BCUT2D eigenvalue weighted by Gasteiger charge is -2.13. The number of hydrogen-bond donors (Lipinski definition) is 2. The zero-order valence-electron chi connectivity index (χ0n) is 12.3. The number of carbonyl (C=O) groups is 1. The number of hydrogen-bond acceptors (Lipinski definition) is 5. The van der Waals surface area contributed by atoms with Crippen molar-refractivity contribution in [2.45, 2.75) is 6.54 Å². The molecule has 0 aromatic carbocycles. The third-order valence-corrected chi connectivity index (χ3v) is 2.90. The van der Waals surface area contributed by atoms with Crippen molar-refractivity contribution in [2.75, 3.05) is 37.4 Å². The lowest BCUT2D eigenvalue weighted by molar-refractivity contribution is -0.121. The van der Waals surface area contributed by atoms with Crippen molar-refractivity contribution in [1.82, 2.24) is 20.1 Å². The maximum atomic E-state index is 11.7. The molecule has 0 aliphatic rings. The minimum absolute atomic E-state index is 0.0128. The van der Waals surface area contributed by atoms with E-state index in [0.29, 0.717) is 25.5 Å². The summed E-state index contributed by atoms with van der Waals surface area (Å²) in [5.74, 6) is 0.682. The molecule has 0 spiro atoms. The standard InChI is InChI=1S/C14H20N6O/c1-19(2)12-9-13(18-17-10-12)15-5-6-16-14(21)11-20-7-3-4-8-20/h3-4,7-10H,5-6,11H2,1-2H3,(H,15,18)(H,16,21). The number of carbonyl (C=O) groups excluding carboxylic acids is 1.